The van der Waals surface area contributed by atoms with Gasteiger partial charge in [0.1, 0.15) is 11.2 Å². The molecule has 3 amide bonds. The van der Waals surface area contributed by atoms with Crippen LogP contribution in [0.15, 0.2) is 6.07 Å². The Morgan fingerprint density at radius 3 is 2.17 bits per heavy atom. The van der Waals surface area contributed by atoms with Gasteiger partial charge in [0, 0.05) is 25.2 Å². The second-order valence-corrected chi connectivity index (χ2v) is 9.33. The molecular weight excluding hydrogens is 382 g/mol. The lowest BCUT2D eigenvalue weighted by atomic mass is 9.92. The number of nitrogens with zero attached hydrogens (tertiary/aromatic N) is 3. The highest BCUT2D eigenvalue weighted by molar-refractivity contribution is 6.01. The molecule has 0 unspecified atom stereocenters. The summed E-state index contributed by atoms with van der Waals surface area (Å²) < 4.78 is 1.53. The zero-order valence-corrected chi connectivity index (χ0v) is 18.1. The first-order chi connectivity index (χ1) is 14.4. The summed E-state index contributed by atoms with van der Waals surface area (Å²) in [4.78, 5) is 40.3. The Kier molecular flexibility index (Phi) is 5.84. The number of nitrogens with one attached hydrogen (secondary N) is 2. The number of likely N-dealkylation sites (N-methyl/N-ethyl adjacent to an activating group) is 1. The van der Waals surface area contributed by atoms with Crippen LogP contribution in [0.4, 0.5) is 0 Å². The van der Waals surface area contributed by atoms with Crippen LogP contribution in [-0.4, -0.2) is 57.1 Å². The average molecular weight is 416 g/mol. The van der Waals surface area contributed by atoms with Crippen LogP contribution < -0.4 is 10.6 Å². The SMILES string of the molecule is CN1C(=O)c2cc(C(=O)NC3CCCCC3)nn2C[C@]1(C)C(=O)NC1CCCCC1. The van der Waals surface area contributed by atoms with Gasteiger partial charge in [0.2, 0.25) is 5.91 Å². The first-order valence-corrected chi connectivity index (χ1v) is 11.4. The van der Waals surface area contributed by atoms with Gasteiger partial charge in [-0.1, -0.05) is 38.5 Å². The number of hydrogen-bond donors (Lipinski definition) is 2. The van der Waals surface area contributed by atoms with Crippen molar-refractivity contribution in [1.29, 1.82) is 0 Å². The zero-order chi connectivity index (χ0) is 21.3. The fourth-order valence-corrected chi connectivity index (χ4v) is 4.93. The van der Waals surface area contributed by atoms with Gasteiger partial charge in [-0.2, -0.15) is 5.10 Å². The predicted octanol–water partition coefficient (Wildman–Crippen LogP) is 2.24. The van der Waals surface area contributed by atoms with E-state index < -0.39 is 5.54 Å². The van der Waals surface area contributed by atoms with Crippen molar-refractivity contribution in [2.45, 2.75) is 95.3 Å². The Bertz CT molecular complexity index is 823. The minimum atomic E-state index is -1.04. The number of fused-ring (bicyclic) bond motifs is 1. The van der Waals surface area contributed by atoms with Crippen LogP contribution in [0.3, 0.4) is 0 Å². The van der Waals surface area contributed by atoms with E-state index in [0.29, 0.717) is 5.69 Å². The number of rotatable bonds is 4. The Morgan fingerprint density at radius 1 is 1.00 bits per heavy atom. The fraction of sp³-hybridized carbons (Fsp3) is 0.727. The molecule has 1 aromatic heterocycles. The van der Waals surface area contributed by atoms with Crippen LogP contribution in [0.1, 0.15) is 92.1 Å². The first-order valence-electron chi connectivity index (χ1n) is 11.4. The van der Waals surface area contributed by atoms with Crippen LogP contribution in [0.5, 0.6) is 0 Å². The molecule has 1 atom stereocenters. The molecular formula is C22H33N5O3. The maximum atomic E-state index is 13.1. The molecule has 1 aromatic rings. The lowest BCUT2D eigenvalue weighted by molar-refractivity contribution is -0.133. The largest absolute Gasteiger partial charge is 0.351 e. The van der Waals surface area contributed by atoms with E-state index >= 15 is 0 Å². The highest BCUT2D eigenvalue weighted by Gasteiger charge is 2.46. The first kappa shape index (κ1) is 20.9. The Labute approximate surface area is 177 Å². The molecule has 30 heavy (non-hydrogen) atoms. The molecule has 2 aliphatic carbocycles. The Morgan fingerprint density at radius 2 is 1.57 bits per heavy atom. The summed E-state index contributed by atoms with van der Waals surface area (Å²) in [6.45, 7) is 2.01. The van der Waals surface area contributed by atoms with Gasteiger partial charge in [-0.25, -0.2) is 0 Å². The molecule has 0 bridgehead atoms. The van der Waals surface area contributed by atoms with Crippen molar-refractivity contribution in [2.24, 2.45) is 0 Å². The van der Waals surface area contributed by atoms with Crippen molar-refractivity contribution < 1.29 is 14.4 Å². The molecule has 164 valence electrons. The summed E-state index contributed by atoms with van der Waals surface area (Å²) in [6, 6.07) is 1.90. The van der Waals surface area contributed by atoms with E-state index in [2.05, 4.69) is 15.7 Å². The van der Waals surface area contributed by atoms with E-state index in [-0.39, 0.29) is 42.0 Å². The molecule has 8 heteroatoms. The molecule has 2 N–H and O–H groups in total. The minimum absolute atomic E-state index is 0.153. The molecule has 0 saturated heterocycles. The van der Waals surface area contributed by atoms with Gasteiger partial charge in [-0.15, -0.1) is 0 Å². The van der Waals surface area contributed by atoms with Crippen molar-refractivity contribution in [3.8, 4) is 0 Å². The van der Waals surface area contributed by atoms with Crippen molar-refractivity contribution in [2.75, 3.05) is 7.05 Å². The van der Waals surface area contributed by atoms with Gasteiger partial charge in [-0.05, 0) is 32.6 Å². The topological polar surface area (TPSA) is 96.3 Å². The molecule has 8 nitrogen and oxygen atoms in total. The van der Waals surface area contributed by atoms with E-state index in [4.69, 9.17) is 0 Å². The fourth-order valence-electron chi connectivity index (χ4n) is 4.93. The van der Waals surface area contributed by atoms with Crippen LogP contribution in [0, 0.1) is 0 Å². The van der Waals surface area contributed by atoms with Crippen LogP contribution in [0.25, 0.3) is 0 Å². The summed E-state index contributed by atoms with van der Waals surface area (Å²) >= 11 is 0. The summed E-state index contributed by atoms with van der Waals surface area (Å²) in [5, 5.41) is 10.6. The van der Waals surface area contributed by atoms with Crippen molar-refractivity contribution in [3.63, 3.8) is 0 Å². The maximum Gasteiger partial charge on any atom is 0.272 e. The highest BCUT2D eigenvalue weighted by Crippen LogP contribution is 2.27. The van der Waals surface area contributed by atoms with Crippen molar-refractivity contribution in [1.82, 2.24) is 25.3 Å². The standard InChI is InChI=1S/C22H33N5O3/c1-22(21(30)24-16-11-7-4-8-12-16)14-27-18(20(29)26(22)2)13-17(25-27)19(28)23-15-9-5-3-6-10-15/h13,15-16H,3-12,14H2,1-2H3,(H,23,28)(H,24,30)/t22-/m1/s1. The highest BCUT2D eigenvalue weighted by atomic mass is 16.2. The second kappa shape index (κ2) is 8.40. The zero-order valence-electron chi connectivity index (χ0n) is 18.1. The van der Waals surface area contributed by atoms with Gasteiger partial charge >= 0.3 is 0 Å². The van der Waals surface area contributed by atoms with Crippen LogP contribution in [0.2, 0.25) is 0 Å². The second-order valence-electron chi connectivity index (χ2n) is 9.33. The summed E-state index contributed by atoms with van der Waals surface area (Å²) in [5.74, 6) is -0.681. The predicted molar refractivity (Wildman–Crippen MR) is 112 cm³/mol. The smallest absolute Gasteiger partial charge is 0.272 e. The monoisotopic (exact) mass is 415 g/mol. The maximum absolute atomic E-state index is 13.1. The molecule has 0 radical (unpaired) electrons. The van der Waals surface area contributed by atoms with E-state index in [1.165, 1.54) is 22.4 Å². The quantitative estimate of drug-likeness (QED) is 0.788. The van der Waals surface area contributed by atoms with Gasteiger partial charge < -0.3 is 15.5 Å². The third-order valence-corrected chi connectivity index (χ3v) is 7.10. The lowest BCUT2D eigenvalue weighted by Gasteiger charge is -2.41. The van der Waals surface area contributed by atoms with Crippen molar-refractivity contribution >= 4 is 17.7 Å². The molecule has 0 aromatic carbocycles. The number of carbonyl (C=O) groups excluding carboxylic acids is 3. The molecule has 4 rings (SSSR count). The molecule has 1 aliphatic heterocycles. The number of aromatic nitrogens is 2. The molecule has 2 saturated carbocycles. The lowest BCUT2D eigenvalue weighted by Crippen LogP contribution is -2.63. The molecule has 2 fully saturated rings. The van der Waals surface area contributed by atoms with E-state index in [1.54, 1.807) is 20.0 Å². The van der Waals surface area contributed by atoms with E-state index in [1.807, 2.05) is 0 Å². The average Bonchev–Trinajstić information content (AvgIpc) is 3.17. The summed E-state index contributed by atoms with van der Waals surface area (Å²) in [5.41, 5.74) is -0.437. The van der Waals surface area contributed by atoms with E-state index in [0.717, 1.165) is 51.4 Å². The number of amides is 3. The van der Waals surface area contributed by atoms with Crippen molar-refractivity contribution in [3.05, 3.63) is 17.5 Å². The molecule has 2 heterocycles. The van der Waals surface area contributed by atoms with Gasteiger partial charge in [0.25, 0.3) is 11.8 Å². The van der Waals surface area contributed by atoms with Gasteiger partial charge in [0.05, 0.1) is 6.54 Å². The summed E-state index contributed by atoms with van der Waals surface area (Å²) in [6.07, 6.45) is 10.9. The Hall–Kier alpha value is -2.38. The van der Waals surface area contributed by atoms with Crippen LogP contribution >= 0.6 is 0 Å². The van der Waals surface area contributed by atoms with Crippen LogP contribution in [-0.2, 0) is 11.3 Å². The van der Waals surface area contributed by atoms with Gasteiger partial charge in [-0.3, -0.25) is 19.1 Å². The summed E-state index contributed by atoms with van der Waals surface area (Å²) in [7, 11) is 1.65. The third-order valence-electron chi connectivity index (χ3n) is 7.10. The third kappa shape index (κ3) is 3.96. The number of hydrogen-bond acceptors (Lipinski definition) is 4. The normalized spacial score (nSPS) is 25.7. The molecule has 3 aliphatic rings. The van der Waals surface area contributed by atoms with Gasteiger partial charge in [0.15, 0.2) is 5.69 Å². The number of carbonyl (C=O) groups is 3. The molecule has 0 spiro atoms. The van der Waals surface area contributed by atoms with E-state index in [9.17, 15) is 14.4 Å². The minimum Gasteiger partial charge on any atom is -0.351 e. The Balaban J connectivity index is 1.49.